The van der Waals surface area contributed by atoms with Gasteiger partial charge in [-0.25, -0.2) is 0 Å². The van der Waals surface area contributed by atoms with Crippen molar-refractivity contribution in [3.63, 3.8) is 0 Å². The lowest BCUT2D eigenvalue weighted by atomic mass is 10.1. The minimum Gasteiger partial charge on any atom is -0.493 e. The van der Waals surface area contributed by atoms with E-state index in [4.69, 9.17) is 4.74 Å². The summed E-state index contributed by atoms with van der Waals surface area (Å²) in [5.41, 5.74) is 2.72. The number of benzene rings is 2. The maximum Gasteiger partial charge on any atom is 0.255 e. The number of rotatable bonds is 7. The minimum atomic E-state index is -0.0783. The molecule has 2 aliphatic rings. The van der Waals surface area contributed by atoms with E-state index in [9.17, 15) is 4.79 Å². The van der Waals surface area contributed by atoms with Gasteiger partial charge in [0, 0.05) is 42.4 Å². The summed E-state index contributed by atoms with van der Waals surface area (Å²) in [6.07, 6.45) is 2.55. The molecule has 1 aliphatic heterocycles. The quantitative estimate of drug-likeness (QED) is 0.776. The van der Waals surface area contributed by atoms with Gasteiger partial charge in [0.1, 0.15) is 5.75 Å². The molecule has 2 aromatic rings. The first-order chi connectivity index (χ1) is 13.3. The van der Waals surface area contributed by atoms with Crippen LogP contribution in [0.1, 0.15) is 28.8 Å². The largest absolute Gasteiger partial charge is 0.493 e. The van der Waals surface area contributed by atoms with E-state index in [1.54, 1.807) is 0 Å². The van der Waals surface area contributed by atoms with Crippen LogP contribution in [0, 0.1) is 5.92 Å². The fourth-order valence-electron chi connectivity index (χ4n) is 3.18. The minimum absolute atomic E-state index is 0.0783. The average Bonchev–Trinajstić information content (AvgIpc) is 3.54. The Morgan fingerprint density at radius 3 is 2.56 bits per heavy atom. The van der Waals surface area contributed by atoms with Crippen molar-refractivity contribution in [3.05, 3.63) is 59.7 Å². The lowest BCUT2D eigenvalue weighted by Crippen LogP contribution is -2.32. The molecule has 1 saturated heterocycles. The fraction of sp³-hybridized carbons (Fsp3) is 0.409. The van der Waals surface area contributed by atoms with Gasteiger partial charge >= 0.3 is 0 Å². The smallest absolute Gasteiger partial charge is 0.255 e. The number of ether oxygens (including phenoxy) is 1. The van der Waals surface area contributed by atoms with E-state index in [-0.39, 0.29) is 5.91 Å². The van der Waals surface area contributed by atoms with Crippen LogP contribution in [0.15, 0.2) is 48.5 Å². The number of anilines is 1. The van der Waals surface area contributed by atoms with Crippen LogP contribution in [0.3, 0.4) is 0 Å². The maximum absolute atomic E-state index is 12.7. The van der Waals surface area contributed by atoms with Crippen LogP contribution in [0.4, 0.5) is 5.69 Å². The Bertz CT molecular complexity index is 768. The Kier molecular flexibility index (Phi) is 6.00. The summed E-state index contributed by atoms with van der Waals surface area (Å²) in [5.74, 6) is 3.85. The third-order valence-corrected chi connectivity index (χ3v) is 6.00. The summed E-state index contributed by atoms with van der Waals surface area (Å²) < 4.78 is 5.75. The second-order valence-electron chi connectivity index (χ2n) is 7.28. The number of nitrogens with zero attached hydrogens (tertiary/aromatic N) is 1. The molecule has 0 atom stereocenters. The second kappa shape index (κ2) is 8.81. The zero-order chi connectivity index (χ0) is 18.5. The molecule has 0 aromatic heterocycles. The van der Waals surface area contributed by atoms with Gasteiger partial charge in [0.05, 0.1) is 6.61 Å². The molecule has 1 N–H and O–H groups in total. The Morgan fingerprint density at radius 2 is 1.81 bits per heavy atom. The number of thioether (sulfide) groups is 1. The highest BCUT2D eigenvalue weighted by Crippen LogP contribution is 2.29. The number of carbonyl (C=O) groups excluding carboxylic acids is 1. The number of para-hydroxylation sites is 1. The van der Waals surface area contributed by atoms with E-state index in [1.807, 2.05) is 54.2 Å². The summed E-state index contributed by atoms with van der Waals surface area (Å²) in [4.78, 5) is 15.1. The molecular weight excluding hydrogens is 356 g/mol. The van der Waals surface area contributed by atoms with E-state index in [2.05, 4.69) is 16.3 Å². The van der Waals surface area contributed by atoms with Gasteiger partial charge in [-0.1, -0.05) is 18.2 Å². The normalized spacial score (nSPS) is 17.5. The van der Waals surface area contributed by atoms with Crippen molar-refractivity contribution in [3.8, 4) is 5.75 Å². The molecule has 0 radical (unpaired) electrons. The van der Waals surface area contributed by atoms with E-state index in [0.29, 0.717) is 5.56 Å². The van der Waals surface area contributed by atoms with Crippen molar-refractivity contribution in [1.82, 2.24) is 4.90 Å². The molecule has 0 bridgehead atoms. The van der Waals surface area contributed by atoms with Crippen molar-refractivity contribution in [2.75, 3.05) is 36.5 Å². The number of hydrogen-bond acceptors (Lipinski definition) is 4. The molecule has 142 valence electrons. The summed E-state index contributed by atoms with van der Waals surface area (Å²) in [6, 6.07) is 15.5. The first-order valence-electron chi connectivity index (χ1n) is 9.70. The number of hydrogen-bond donors (Lipinski definition) is 1. The van der Waals surface area contributed by atoms with E-state index < -0.39 is 0 Å². The fourth-order valence-corrected chi connectivity index (χ4v) is 4.15. The molecule has 0 unspecified atom stereocenters. The average molecular weight is 383 g/mol. The molecular formula is C22H26N2O2S. The molecule has 2 fully saturated rings. The van der Waals surface area contributed by atoms with Crippen LogP contribution in [0.2, 0.25) is 0 Å². The predicted molar refractivity (Wildman–Crippen MR) is 112 cm³/mol. The number of nitrogens with one attached hydrogen (secondary N) is 1. The SMILES string of the molecule is O=C(Nc1ccccc1CN1CCSCC1)c1ccc(OCC2CC2)cc1. The first-order valence-corrected chi connectivity index (χ1v) is 10.9. The third kappa shape index (κ3) is 5.27. The first kappa shape index (κ1) is 18.4. The van der Waals surface area contributed by atoms with Crippen molar-refractivity contribution >= 4 is 23.4 Å². The van der Waals surface area contributed by atoms with Gasteiger partial charge in [-0.15, -0.1) is 0 Å². The molecule has 5 heteroatoms. The van der Waals surface area contributed by atoms with Gasteiger partial charge in [-0.2, -0.15) is 11.8 Å². The molecule has 4 rings (SSSR count). The van der Waals surface area contributed by atoms with Crippen molar-refractivity contribution in [2.24, 2.45) is 5.92 Å². The topological polar surface area (TPSA) is 41.6 Å². The van der Waals surface area contributed by atoms with Crippen LogP contribution in [0.5, 0.6) is 5.75 Å². The van der Waals surface area contributed by atoms with Gasteiger partial charge in [0.2, 0.25) is 0 Å². The standard InChI is InChI=1S/C22H26N2O2S/c25-22(18-7-9-20(10-8-18)26-16-17-5-6-17)23-21-4-2-1-3-19(21)15-24-11-13-27-14-12-24/h1-4,7-10,17H,5-6,11-16H2,(H,23,25). The lowest BCUT2D eigenvalue weighted by Gasteiger charge is -2.27. The molecule has 0 spiro atoms. The highest BCUT2D eigenvalue weighted by atomic mass is 32.2. The zero-order valence-corrected chi connectivity index (χ0v) is 16.3. The van der Waals surface area contributed by atoms with Crippen LogP contribution < -0.4 is 10.1 Å². The molecule has 4 nitrogen and oxygen atoms in total. The van der Waals surface area contributed by atoms with Gasteiger partial charge in [0.25, 0.3) is 5.91 Å². The van der Waals surface area contributed by atoms with Gasteiger partial charge in [-0.3, -0.25) is 9.69 Å². The van der Waals surface area contributed by atoms with Gasteiger partial charge < -0.3 is 10.1 Å². The highest BCUT2D eigenvalue weighted by molar-refractivity contribution is 7.99. The van der Waals surface area contributed by atoms with E-state index >= 15 is 0 Å². The van der Waals surface area contributed by atoms with Crippen LogP contribution >= 0.6 is 11.8 Å². The van der Waals surface area contributed by atoms with E-state index in [0.717, 1.165) is 43.6 Å². The van der Waals surface area contributed by atoms with E-state index in [1.165, 1.54) is 29.9 Å². The molecule has 2 aromatic carbocycles. The monoisotopic (exact) mass is 382 g/mol. The second-order valence-corrected chi connectivity index (χ2v) is 8.50. The molecule has 1 aliphatic carbocycles. The summed E-state index contributed by atoms with van der Waals surface area (Å²) >= 11 is 2.01. The zero-order valence-electron chi connectivity index (χ0n) is 15.5. The Balaban J connectivity index is 1.38. The highest BCUT2D eigenvalue weighted by Gasteiger charge is 2.22. The van der Waals surface area contributed by atoms with Crippen LogP contribution in [-0.4, -0.2) is 42.0 Å². The van der Waals surface area contributed by atoms with Crippen LogP contribution in [-0.2, 0) is 6.54 Å². The summed E-state index contributed by atoms with van der Waals surface area (Å²) in [5, 5.41) is 3.08. The molecule has 1 heterocycles. The maximum atomic E-state index is 12.7. The Morgan fingerprint density at radius 1 is 1.07 bits per heavy atom. The van der Waals surface area contributed by atoms with Crippen LogP contribution in [0.25, 0.3) is 0 Å². The Hall–Kier alpha value is -1.98. The predicted octanol–water partition coefficient (Wildman–Crippen LogP) is 4.28. The van der Waals surface area contributed by atoms with Crippen molar-refractivity contribution in [1.29, 1.82) is 0 Å². The summed E-state index contributed by atoms with van der Waals surface area (Å²) in [6.45, 7) is 3.88. The molecule has 1 amide bonds. The van der Waals surface area contributed by atoms with Crippen molar-refractivity contribution in [2.45, 2.75) is 19.4 Å². The summed E-state index contributed by atoms with van der Waals surface area (Å²) in [7, 11) is 0. The third-order valence-electron chi connectivity index (χ3n) is 5.06. The number of amides is 1. The Labute approximate surface area is 165 Å². The van der Waals surface area contributed by atoms with Gasteiger partial charge in [-0.05, 0) is 54.7 Å². The number of carbonyl (C=O) groups is 1. The van der Waals surface area contributed by atoms with Gasteiger partial charge in [0.15, 0.2) is 0 Å². The molecule has 27 heavy (non-hydrogen) atoms. The lowest BCUT2D eigenvalue weighted by molar-refractivity contribution is 0.102. The molecule has 1 saturated carbocycles. The van der Waals surface area contributed by atoms with Crippen molar-refractivity contribution < 1.29 is 9.53 Å².